The lowest BCUT2D eigenvalue weighted by Crippen LogP contribution is -2.39. The molecule has 3 heterocycles. The molecule has 3 aromatic rings. The topological polar surface area (TPSA) is 87.9 Å². The summed E-state index contributed by atoms with van der Waals surface area (Å²) in [5.41, 5.74) is 3.21. The standard InChI is InChI=1S/C21H25N5O2/c1-15-6-2-3-8-17(15)21-23-19(28-25-21)9-4-10-20(27)26-13-5-7-16(14-26)18-11-12-22-24-18/h2-3,6,8,11-12,16H,4-5,7,9-10,13-14H2,1H3,(H,22,24). The molecule has 2 aromatic heterocycles. The molecule has 0 bridgehead atoms. The second-order valence-electron chi connectivity index (χ2n) is 7.37. The average molecular weight is 379 g/mol. The van der Waals surface area contributed by atoms with Gasteiger partial charge in [-0.1, -0.05) is 29.4 Å². The number of aromatic nitrogens is 4. The van der Waals surface area contributed by atoms with Crippen molar-refractivity contribution in [3.63, 3.8) is 0 Å². The maximum Gasteiger partial charge on any atom is 0.226 e. The first kappa shape index (κ1) is 18.4. The fourth-order valence-electron chi connectivity index (χ4n) is 3.79. The number of benzene rings is 1. The lowest BCUT2D eigenvalue weighted by atomic mass is 9.94. The van der Waals surface area contributed by atoms with Gasteiger partial charge in [-0.15, -0.1) is 0 Å². The van der Waals surface area contributed by atoms with E-state index in [4.69, 9.17) is 4.52 Å². The van der Waals surface area contributed by atoms with Crippen molar-refractivity contribution in [1.29, 1.82) is 0 Å². The highest BCUT2D eigenvalue weighted by Gasteiger charge is 2.25. The minimum Gasteiger partial charge on any atom is -0.342 e. The molecule has 0 saturated carbocycles. The summed E-state index contributed by atoms with van der Waals surface area (Å²) in [6.07, 6.45) is 5.71. The van der Waals surface area contributed by atoms with E-state index < -0.39 is 0 Å². The number of carbonyl (C=O) groups excluding carboxylic acids is 1. The van der Waals surface area contributed by atoms with E-state index in [2.05, 4.69) is 20.3 Å². The zero-order chi connectivity index (χ0) is 19.3. The van der Waals surface area contributed by atoms with Crippen molar-refractivity contribution in [2.75, 3.05) is 13.1 Å². The minimum absolute atomic E-state index is 0.197. The van der Waals surface area contributed by atoms with Crippen molar-refractivity contribution < 1.29 is 9.32 Å². The minimum atomic E-state index is 0.197. The first-order valence-corrected chi connectivity index (χ1v) is 9.86. The Bertz CT molecular complexity index is 919. The Morgan fingerprint density at radius 3 is 3.04 bits per heavy atom. The second kappa shape index (κ2) is 8.37. The largest absolute Gasteiger partial charge is 0.342 e. The van der Waals surface area contributed by atoms with E-state index in [0.717, 1.165) is 42.8 Å². The van der Waals surface area contributed by atoms with Gasteiger partial charge in [0, 0.05) is 49.3 Å². The van der Waals surface area contributed by atoms with Crippen molar-refractivity contribution in [1.82, 2.24) is 25.2 Å². The van der Waals surface area contributed by atoms with Crippen molar-refractivity contribution >= 4 is 5.91 Å². The maximum atomic E-state index is 12.6. The number of carbonyl (C=O) groups is 1. The molecule has 1 atom stereocenters. The lowest BCUT2D eigenvalue weighted by Gasteiger charge is -2.32. The molecule has 1 saturated heterocycles. The summed E-state index contributed by atoms with van der Waals surface area (Å²) < 4.78 is 5.37. The summed E-state index contributed by atoms with van der Waals surface area (Å²) in [6.45, 7) is 3.62. The monoisotopic (exact) mass is 379 g/mol. The summed E-state index contributed by atoms with van der Waals surface area (Å²) in [5.74, 6) is 1.74. The van der Waals surface area contributed by atoms with E-state index in [-0.39, 0.29) is 5.91 Å². The first-order chi connectivity index (χ1) is 13.7. The van der Waals surface area contributed by atoms with Crippen LogP contribution in [-0.2, 0) is 11.2 Å². The highest BCUT2D eigenvalue weighted by atomic mass is 16.5. The predicted octanol–water partition coefficient (Wildman–Crippen LogP) is 3.50. The van der Waals surface area contributed by atoms with Crippen molar-refractivity contribution in [2.24, 2.45) is 0 Å². The van der Waals surface area contributed by atoms with Crippen molar-refractivity contribution in [2.45, 2.75) is 44.9 Å². The smallest absolute Gasteiger partial charge is 0.226 e. The second-order valence-corrected chi connectivity index (χ2v) is 7.37. The zero-order valence-electron chi connectivity index (χ0n) is 16.1. The number of rotatable bonds is 6. The summed E-state index contributed by atoms with van der Waals surface area (Å²) in [7, 11) is 0. The van der Waals surface area contributed by atoms with Crippen LogP contribution in [0.4, 0.5) is 0 Å². The molecule has 1 aliphatic heterocycles. The molecule has 1 aromatic carbocycles. The lowest BCUT2D eigenvalue weighted by molar-refractivity contribution is -0.132. The number of nitrogens with one attached hydrogen (secondary N) is 1. The van der Waals surface area contributed by atoms with Gasteiger partial charge in [-0.3, -0.25) is 9.89 Å². The van der Waals surface area contributed by atoms with Crippen LogP contribution < -0.4 is 0 Å². The number of hydrogen-bond acceptors (Lipinski definition) is 5. The molecular weight excluding hydrogens is 354 g/mol. The highest BCUT2D eigenvalue weighted by Crippen LogP contribution is 2.26. The van der Waals surface area contributed by atoms with Crippen LogP contribution in [0.25, 0.3) is 11.4 Å². The first-order valence-electron chi connectivity index (χ1n) is 9.86. The van der Waals surface area contributed by atoms with Crippen LogP contribution in [0.1, 0.15) is 48.7 Å². The van der Waals surface area contributed by atoms with Gasteiger partial charge in [0.15, 0.2) is 0 Å². The van der Waals surface area contributed by atoms with E-state index in [0.29, 0.717) is 36.9 Å². The van der Waals surface area contributed by atoms with E-state index in [1.165, 1.54) is 0 Å². The summed E-state index contributed by atoms with van der Waals surface area (Å²) in [6, 6.07) is 9.97. The fraction of sp³-hybridized carbons (Fsp3) is 0.429. The molecule has 0 radical (unpaired) electrons. The van der Waals surface area contributed by atoms with E-state index in [9.17, 15) is 4.79 Å². The molecular formula is C21H25N5O2. The SMILES string of the molecule is Cc1ccccc1-c1noc(CCCC(=O)N2CCCC(c3ccn[nH]3)C2)n1. The normalized spacial score (nSPS) is 17.0. The van der Waals surface area contributed by atoms with Gasteiger partial charge in [0.2, 0.25) is 17.6 Å². The van der Waals surface area contributed by atoms with E-state index in [1.807, 2.05) is 42.2 Å². The predicted molar refractivity (Wildman–Crippen MR) is 105 cm³/mol. The van der Waals surface area contributed by atoms with Gasteiger partial charge in [0.25, 0.3) is 0 Å². The number of aryl methyl sites for hydroxylation is 2. The molecule has 7 nitrogen and oxygen atoms in total. The van der Waals surface area contributed by atoms with E-state index >= 15 is 0 Å². The van der Waals surface area contributed by atoms with Crippen molar-refractivity contribution in [3.8, 4) is 11.4 Å². The van der Waals surface area contributed by atoms with Gasteiger partial charge >= 0.3 is 0 Å². The zero-order valence-corrected chi connectivity index (χ0v) is 16.1. The number of piperidine rings is 1. The van der Waals surface area contributed by atoms with Crippen LogP contribution in [0.3, 0.4) is 0 Å². The van der Waals surface area contributed by atoms with E-state index in [1.54, 1.807) is 6.20 Å². The molecule has 28 heavy (non-hydrogen) atoms. The quantitative estimate of drug-likeness (QED) is 0.708. The van der Waals surface area contributed by atoms with Gasteiger partial charge in [-0.2, -0.15) is 10.1 Å². The molecule has 1 N–H and O–H groups in total. The van der Waals surface area contributed by atoms with Crippen LogP contribution in [0.5, 0.6) is 0 Å². The summed E-state index contributed by atoms with van der Waals surface area (Å²) >= 11 is 0. The van der Waals surface area contributed by atoms with Crippen LogP contribution in [0.15, 0.2) is 41.1 Å². The molecule has 1 aliphatic rings. The molecule has 146 valence electrons. The third-order valence-electron chi connectivity index (χ3n) is 5.37. The number of nitrogens with zero attached hydrogens (tertiary/aromatic N) is 4. The molecule has 0 aliphatic carbocycles. The highest BCUT2D eigenvalue weighted by molar-refractivity contribution is 5.76. The number of likely N-dealkylation sites (tertiary alicyclic amines) is 1. The van der Waals surface area contributed by atoms with Crippen LogP contribution >= 0.6 is 0 Å². The number of amides is 1. The number of hydrogen-bond donors (Lipinski definition) is 1. The van der Waals surface area contributed by atoms with Crippen LogP contribution in [-0.4, -0.2) is 44.2 Å². The molecule has 1 unspecified atom stereocenters. The van der Waals surface area contributed by atoms with Gasteiger partial charge < -0.3 is 9.42 Å². The average Bonchev–Trinajstić information content (AvgIpc) is 3.41. The Labute approximate surface area is 164 Å². The van der Waals surface area contributed by atoms with Gasteiger partial charge in [-0.05, 0) is 37.8 Å². The van der Waals surface area contributed by atoms with Crippen molar-refractivity contribution in [3.05, 3.63) is 53.7 Å². The van der Waals surface area contributed by atoms with Gasteiger partial charge in [-0.25, -0.2) is 0 Å². The Kier molecular flexibility index (Phi) is 5.50. The Morgan fingerprint density at radius 1 is 1.32 bits per heavy atom. The molecule has 1 amide bonds. The molecule has 1 fully saturated rings. The molecule has 7 heteroatoms. The molecule has 4 rings (SSSR count). The maximum absolute atomic E-state index is 12.6. The summed E-state index contributed by atoms with van der Waals surface area (Å²) in [4.78, 5) is 19.1. The van der Waals surface area contributed by atoms with Gasteiger partial charge in [0.1, 0.15) is 0 Å². The Morgan fingerprint density at radius 2 is 2.21 bits per heavy atom. The van der Waals surface area contributed by atoms with Gasteiger partial charge in [0.05, 0.1) is 0 Å². The third-order valence-corrected chi connectivity index (χ3v) is 5.37. The third kappa shape index (κ3) is 4.13. The van der Waals surface area contributed by atoms with Crippen LogP contribution in [0.2, 0.25) is 0 Å². The molecule has 0 spiro atoms. The Balaban J connectivity index is 1.28. The summed E-state index contributed by atoms with van der Waals surface area (Å²) in [5, 5.41) is 11.1. The number of H-pyrrole nitrogens is 1. The fourth-order valence-corrected chi connectivity index (χ4v) is 3.79. The number of aromatic amines is 1. The van der Waals surface area contributed by atoms with Crippen LogP contribution in [0, 0.1) is 6.92 Å². The Hall–Kier alpha value is -2.96.